The number of thioether (sulfide) groups is 1. The van der Waals surface area contributed by atoms with Crippen LogP contribution in [0.4, 0.5) is 4.79 Å². The minimum Gasteiger partial charge on any atom is -0.480 e. The van der Waals surface area contributed by atoms with Gasteiger partial charge in [-0.15, -0.1) is 11.8 Å². The molecule has 7 heteroatoms. The van der Waals surface area contributed by atoms with Crippen molar-refractivity contribution in [3.8, 4) is 0 Å². The Kier molecular flexibility index (Phi) is 5.37. The van der Waals surface area contributed by atoms with E-state index in [1.165, 1.54) is 0 Å². The zero-order chi connectivity index (χ0) is 15.6. The zero-order valence-electron chi connectivity index (χ0n) is 12.8. The van der Waals surface area contributed by atoms with Crippen molar-refractivity contribution in [2.45, 2.75) is 44.2 Å². The van der Waals surface area contributed by atoms with Crippen molar-refractivity contribution in [1.82, 2.24) is 9.80 Å². The molecule has 2 rings (SSSR count). The molecule has 2 saturated heterocycles. The number of methoxy groups -OCH3 is 1. The highest BCUT2D eigenvalue weighted by Crippen LogP contribution is 2.35. The first-order valence-corrected chi connectivity index (χ1v) is 8.45. The summed E-state index contributed by atoms with van der Waals surface area (Å²) in [6.07, 6.45) is 1.90. The third-order valence-corrected chi connectivity index (χ3v) is 5.71. The van der Waals surface area contributed by atoms with Gasteiger partial charge in [-0.2, -0.15) is 0 Å². The topological polar surface area (TPSA) is 70.1 Å². The number of amides is 2. The molecule has 3 atom stereocenters. The van der Waals surface area contributed by atoms with Gasteiger partial charge >= 0.3 is 12.0 Å². The average Bonchev–Trinajstić information content (AvgIpc) is 2.91. The summed E-state index contributed by atoms with van der Waals surface area (Å²) >= 11 is 1.56. The van der Waals surface area contributed by atoms with Gasteiger partial charge in [0.05, 0.1) is 11.5 Å². The van der Waals surface area contributed by atoms with Crippen LogP contribution >= 0.6 is 11.8 Å². The fraction of sp³-hybridized carbons (Fsp3) is 0.857. The number of piperidine rings is 1. The highest BCUT2D eigenvalue weighted by atomic mass is 32.2. The van der Waals surface area contributed by atoms with E-state index in [4.69, 9.17) is 4.74 Å². The van der Waals surface area contributed by atoms with Crippen LogP contribution in [0.15, 0.2) is 0 Å². The quantitative estimate of drug-likeness (QED) is 0.858. The number of carbonyl (C=O) groups excluding carboxylic acids is 1. The van der Waals surface area contributed by atoms with Crippen molar-refractivity contribution in [1.29, 1.82) is 0 Å². The molecule has 6 nitrogen and oxygen atoms in total. The van der Waals surface area contributed by atoms with Gasteiger partial charge in [0.2, 0.25) is 0 Å². The van der Waals surface area contributed by atoms with Crippen molar-refractivity contribution >= 4 is 23.8 Å². The van der Waals surface area contributed by atoms with Crippen LogP contribution in [0.3, 0.4) is 0 Å². The fourth-order valence-electron chi connectivity index (χ4n) is 2.94. The van der Waals surface area contributed by atoms with Crippen LogP contribution in [0.25, 0.3) is 0 Å². The number of nitrogens with zero attached hydrogens (tertiary/aromatic N) is 2. The summed E-state index contributed by atoms with van der Waals surface area (Å²) in [5.74, 6) is -0.225. The smallest absolute Gasteiger partial charge is 0.327 e. The van der Waals surface area contributed by atoms with E-state index in [-0.39, 0.29) is 23.4 Å². The van der Waals surface area contributed by atoms with E-state index in [1.807, 2.05) is 13.8 Å². The number of aliphatic carboxylic acids is 1. The van der Waals surface area contributed by atoms with Crippen LogP contribution in [-0.4, -0.2) is 70.4 Å². The fourth-order valence-corrected chi connectivity index (χ4v) is 4.41. The number of carboxylic acid groups (broad SMARTS) is 1. The molecule has 120 valence electrons. The van der Waals surface area contributed by atoms with Gasteiger partial charge in [0, 0.05) is 26.0 Å². The van der Waals surface area contributed by atoms with Crippen molar-refractivity contribution in [3.05, 3.63) is 0 Å². The van der Waals surface area contributed by atoms with Gasteiger partial charge in [0.25, 0.3) is 0 Å². The Balaban J connectivity index is 2.14. The summed E-state index contributed by atoms with van der Waals surface area (Å²) < 4.78 is 5.35. The van der Waals surface area contributed by atoms with Gasteiger partial charge < -0.3 is 14.7 Å². The molecule has 0 aromatic carbocycles. The molecule has 2 aliphatic heterocycles. The summed E-state index contributed by atoms with van der Waals surface area (Å²) in [4.78, 5) is 27.6. The second-order valence-electron chi connectivity index (χ2n) is 5.96. The monoisotopic (exact) mass is 316 g/mol. The van der Waals surface area contributed by atoms with Crippen molar-refractivity contribution in [2.75, 3.05) is 26.0 Å². The molecule has 2 heterocycles. The molecule has 0 aromatic heterocycles. The van der Waals surface area contributed by atoms with Crippen molar-refractivity contribution in [2.24, 2.45) is 5.92 Å². The largest absolute Gasteiger partial charge is 0.480 e. The molecule has 2 fully saturated rings. The van der Waals surface area contributed by atoms with Crippen LogP contribution in [0.2, 0.25) is 0 Å². The number of ether oxygens (including phenoxy) is 1. The molecule has 0 radical (unpaired) electrons. The minimum atomic E-state index is -0.917. The first-order valence-electron chi connectivity index (χ1n) is 7.40. The maximum absolute atomic E-state index is 12.8. The molecule has 21 heavy (non-hydrogen) atoms. The zero-order valence-corrected chi connectivity index (χ0v) is 13.6. The molecule has 2 aliphatic rings. The lowest BCUT2D eigenvalue weighted by Gasteiger charge is -2.38. The van der Waals surface area contributed by atoms with Crippen molar-refractivity contribution in [3.63, 3.8) is 0 Å². The number of urea groups is 1. The summed E-state index contributed by atoms with van der Waals surface area (Å²) in [7, 11) is 1.65. The molecule has 0 aromatic rings. The Morgan fingerprint density at radius 1 is 1.38 bits per heavy atom. The Morgan fingerprint density at radius 2 is 2.10 bits per heavy atom. The first kappa shape index (κ1) is 16.4. The lowest BCUT2D eigenvalue weighted by Crippen LogP contribution is -2.55. The summed E-state index contributed by atoms with van der Waals surface area (Å²) in [6.45, 7) is 5.28. The van der Waals surface area contributed by atoms with Crippen LogP contribution in [0.1, 0.15) is 26.7 Å². The SMILES string of the molecule is COC1CCCN(C(=O)N2C(C(=O)O)CSC2C(C)C)C1. The Bertz CT molecular complexity index is 404. The number of carbonyl (C=O) groups is 2. The Morgan fingerprint density at radius 3 is 2.67 bits per heavy atom. The van der Waals surface area contributed by atoms with E-state index in [0.717, 1.165) is 12.8 Å². The standard InChI is InChI=1S/C14H24N2O4S/c1-9(2)12-16(11(8-21-12)13(17)18)14(19)15-6-4-5-10(7-15)20-3/h9-12H,4-8H2,1-3H3,(H,17,18). The predicted molar refractivity (Wildman–Crippen MR) is 81.3 cm³/mol. The van der Waals surface area contributed by atoms with Crippen LogP contribution in [0, 0.1) is 5.92 Å². The molecule has 0 aliphatic carbocycles. The van der Waals surface area contributed by atoms with Gasteiger partial charge in [0.1, 0.15) is 6.04 Å². The molecule has 1 N–H and O–H groups in total. The highest BCUT2D eigenvalue weighted by Gasteiger charge is 2.44. The predicted octanol–water partition coefficient (Wildman–Crippen LogP) is 1.70. The summed E-state index contributed by atoms with van der Waals surface area (Å²) in [6, 6.07) is -0.884. The van der Waals surface area contributed by atoms with Crippen LogP contribution in [-0.2, 0) is 9.53 Å². The molecule has 3 unspecified atom stereocenters. The number of carboxylic acids is 1. The normalized spacial score (nSPS) is 30.0. The maximum Gasteiger partial charge on any atom is 0.327 e. The molecule has 0 saturated carbocycles. The molecule has 2 amide bonds. The molecule has 0 spiro atoms. The third kappa shape index (κ3) is 3.45. The van der Waals surface area contributed by atoms with E-state index >= 15 is 0 Å². The molecular weight excluding hydrogens is 292 g/mol. The van der Waals surface area contributed by atoms with Gasteiger partial charge in [-0.05, 0) is 18.8 Å². The Labute approximate surface area is 129 Å². The highest BCUT2D eigenvalue weighted by molar-refractivity contribution is 8.00. The van der Waals surface area contributed by atoms with Crippen LogP contribution in [0.5, 0.6) is 0 Å². The number of likely N-dealkylation sites (tertiary alicyclic amines) is 1. The van der Waals surface area contributed by atoms with E-state index in [9.17, 15) is 14.7 Å². The van der Waals surface area contributed by atoms with Gasteiger partial charge in [-0.3, -0.25) is 4.90 Å². The molecule has 0 bridgehead atoms. The summed E-state index contributed by atoms with van der Waals surface area (Å²) in [5, 5.41) is 9.31. The Hall–Kier alpha value is -0.950. The number of hydrogen-bond acceptors (Lipinski definition) is 4. The van der Waals surface area contributed by atoms with Crippen LogP contribution < -0.4 is 0 Å². The average molecular weight is 316 g/mol. The molecular formula is C14H24N2O4S. The summed E-state index contributed by atoms with van der Waals surface area (Å²) in [5.41, 5.74) is 0. The van der Waals surface area contributed by atoms with Gasteiger partial charge in [-0.25, -0.2) is 9.59 Å². The number of rotatable bonds is 3. The third-order valence-electron chi connectivity index (χ3n) is 4.09. The lowest BCUT2D eigenvalue weighted by atomic mass is 10.1. The van der Waals surface area contributed by atoms with E-state index in [1.54, 1.807) is 28.7 Å². The number of hydrogen-bond donors (Lipinski definition) is 1. The maximum atomic E-state index is 12.8. The van der Waals surface area contributed by atoms with Gasteiger partial charge in [-0.1, -0.05) is 13.8 Å². The van der Waals surface area contributed by atoms with E-state index in [0.29, 0.717) is 18.8 Å². The van der Waals surface area contributed by atoms with Gasteiger partial charge in [0.15, 0.2) is 0 Å². The van der Waals surface area contributed by atoms with E-state index < -0.39 is 12.0 Å². The first-order chi connectivity index (χ1) is 9.95. The second kappa shape index (κ2) is 6.87. The van der Waals surface area contributed by atoms with E-state index in [2.05, 4.69) is 0 Å². The van der Waals surface area contributed by atoms with Crippen molar-refractivity contribution < 1.29 is 19.4 Å². The lowest BCUT2D eigenvalue weighted by molar-refractivity contribution is -0.141. The minimum absolute atomic E-state index is 0.0544. The second-order valence-corrected chi connectivity index (χ2v) is 7.11.